The first kappa shape index (κ1) is 10.7. The Bertz CT molecular complexity index is 358. The van der Waals surface area contributed by atoms with E-state index in [9.17, 15) is 0 Å². The summed E-state index contributed by atoms with van der Waals surface area (Å²) in [4.78, 5) is 4.44. The fourth-order valence-electron chi connectivity index (χ4n) is 1.31. The third kappa shape index (κ3) is 2.31. The molecule has 0 aliphatic heterocycles. The number of aromatic amines is 1. The summed E-state index contributed by atoms with van der Waals surface area (Å²) >= 11 is 0. The Morgan fingerprint density at radius 3 is 2.57 bits per heavy atom. The lowest BCUT2D eigenvalue weighted by Crippen LogP contribution is -2.10. The highest BCUT2D eigenvalue weighted by Crippen LogP contribution is 2.13. The molecule has 1 N–H and O–H groups in total. The predicted octanol–water partition coefficient (Wildman–Crippen LogP) is 2.70. The molecular weight excluding hydrogens is 174 g/mol. The maximum absolute atomic E-state index is 4.44. The third-order valence-electron chi connectivity index (χ3n) is 1.96. The molecule has 1 aromatic heterocycles. The molecule has 0 saturated heterocycles. The molecular formula is C11H17N3. The molecule has 0 saturated carbocycles. The topological polar surface area (TPSA) is 41.0 Å². The summed E-state index contributed by atoms with van der Waals surface area (Å²) in [6.07, 6.45) is 1.82. The van der Waals surface area contributed by atoms with Gasteiger partial charge in [-0.05, 0) is 19.8 Å². The zero-order valence-electron chi connectivity index (χ0n) is 9.26. The first-order valence-electron chi connectivity index (χ1n) is 4.76. The van der Waals surface area contributed by atoms with Gasteiger partial charge in [0, 0.05) is 17.0 Å². The first-order chi connectivity index (χ1) is 6.52. The van der Waals surface area contributed by atoms with Crippen molar-refractivity contribution >= 4 is 5.71 Å². The van der Waals surface area contributed by atoms with Gasteiger partial charge < -0.3 is 0 Å². The molecule has 0 spiro atoms. The second kappa shape index (κ2) is 4.22. The van der Waals surface area contributed by atoms with Gasteiger partial charge in [-0.3, -0.25) is 10.1 Å². The summed E-state index contributed by atoms with van der Waals surface area (Å²) < 4.78 is 0. The Hall–Kier alpha value is -1.38. The van der Waals surface area contributed by atoms with Gasteiger partial charge in [-0.1, -0.05) is 20.4 Å². The third-order valence-corrected chi connectivity index (χ3v) is 1.96. The van der Waals surface area contributed by atoms with Gasteiger partial charge in [0.2, 0.25) is 0 Å². The first-order valence-corrected chi connectivity index (χ1v) is 4.76. The Labute approximate surface area is 85.0 Å². The minimum absolute atomic E-state index is 0.378. The molecule has 1 rings (SSSR count). The fraction of sp³-hybridized carbons (Fsp3) is 0.455. The maximum atomic E-state index is 4.44. The van der Waals surface area contributed by atoms with Crippen LogP contribution in [0.5, 0.6) is 0 Å². The van der Waals surface area contributed by atoms with E-state index in [1.165, 1.54) is 0 Å². The summed E-state index contributed by atoms with van der Waals surface area (Å²) in [5.41, 5.74) is 4.01. The number of hydrogen-bond donors (Lipinski definition) is 1. The second-order valence-corrected chi connectivity index (χ2v) is 3.80. The maximum Gasteiger partial charge on any atom is 0.0581 e. The molecule has 1 aromatic rings. The van der Waals surface area contributed by atoms with E-state index in [0.717, 1.165) is 22.7 Å². The number of aryl methyl sites for hydroxylation is 1. The van der Waals surface area contributed by atoms with Crippen molar-refractivity contribution < 1.29 is 0 Å². The number of H-pyrrole nitrogens is 1. The molecule has 0 radical (unpaired) electrons. The molecule has 1 heterocycles. The number of hydrogen-bond acceptors (Lipinski definition) is 2. The van der Waals surface area contributed by atoms with Crippen LogP contribution in [0.15, 0.2) is 23.5 Å². The number of allylic oxidation sites excluding steroid dienone is 1. The molecule has 0 bridgehead atoms. The number of aliphatic imine (C=N–C) groups is 1. The van der Waals surface area contributed by atoms with Crippen molar-refractivity contribution in [1.29, 1.82) is 0 Å². The van der Waals surface area contributed by atoms with Crippen molar-refractivity contribution in [2.24, 2.45) is 10.9 Å². The van der Waals surface area contributed by atoms with Gasteiger partial charge >= 0.3 is 0 Å². The molecule has 3 nitrogen and oxygen atoms in total. The van der Waals surface area contributed by atoms with E-state index in [1.807, 2.05) is 20.0 Å². The largest absolute Gasteiger partial charge is 0.282 e. The number of nitrogens with zero attached hydrogens (tertiary/aromatic N) is 2. The minimum Gasteiger partial charge on any atom is -0.282 e. The van der Waals surface area contributed by atoms with Crippen LogP contribution in [0.3, 0.4) is 0 Å². The highest BCUT2D eigenvalue weighted by molar-refractivity contribution is 6.03. The van der Waals surface area contributed by atoms with Crippen LogP contribution in [-0.2, 0) is 0 Å². The van der Waals surface area contributed by atoms with Gasteiger partial charge in [0.25, 0.3) is 0 Å². The highest BCUT2D eigenvalue weighted by Gasteiger charge is 2.12. The zero-order valence-corrected chi connectivity index (χ0v) is 9.26. The van der Waals surface area contributed by atoms with Crippen LogP contribution in [0.1, 0.15) is 32.0 Å². The molecule has 0 aliphatic rings. The Kier molecular flexibility index (Phi) is 3.23. The van der Waals surface area contributed by atoms with Crippen LogP contribution < -0.4 is 0 Å². The molecule has 0 atom stereocenters. The van der Waals surface area contributed by atoms with Crippen molar-refractivity contribution in [2.75, 3.05) is 0 Å². The minimum atomic E-state index is 0.378. The Balaban J connectivity index is 3.13. The highest BCUT2D eigenvalue weighted by atomic mass is 15.1. The van der Waals surface area contributed by atoms with Crippen LogP contribution in [0.4, 0.5) is 0 Å². The Morgan fingerprint density at radius 2 is 2.21 bits per heavy atom. The van der Waals surface area contributed by atoms with Gasteiger partial charge in [-0.25, -0.2) is 0 Å². The number of rotatable bonds is 3. The molecule has 0 aliphatic carbocycles. The van der Waals surface area contributed by atoms with E-state index in [2.05, 4.69) is 35.6 Å². The monoisotopic (exact) mass is 191 g/mol. The normalized spacial score (nSPS) is 12.2. The molecule has 76 valence electrons. The summed E-state index contributed by atoms with van der Waals surface area (Å²) in [7, 11) is 0. The zero-order chi connectivity index (χ0) is 10.7. The smallest absolute Gasteiger partial charge is 0.0581 e. The quantitative estimate of drug-likeness (QED) is 0.733. The predicted molar refractivity (Wildman–Crippen MR) is 59.5 cm³/mol. The standard InChI is InChI=1S/C11H17N3/c1-7(2)11(13-8(3)4)10-6-12-14-9(10)5/h6-7H,3H2,1-2,4-5H3,(H,12,14). The average molecular weight is 191 g/mol. The second-order valence-electron chi connectivity index (χ2n) is 3.80. The van der Waals surface area contributed by atoms with E-state index in [1.54, 1.807) is 0 Å². The van der Waals surface area contributed by atoms with E-state index >= 15 is 0 Å². The molecule has 0 unspecified atom stereocenters. The van der Waals surface area contributed by atoms with E-state index in [0.29, 0.717) is 5.92 Å². The van der Waals surface area contributed by atoms with Crippen LogP contribution in [0.25, 0.3) is 0 Å². The van der Waals surface area contributed by atoms with Crippen LogP contribution in [0.2, 0.25) is 0 Å². The van der Waals surface area contributed by atoms with Crippen molar-refractivity contribution in [1.82, 2.24) is 10.2 Å². The van der Waals surface area contributed by atoms with Crippen LogP contribution >= 0.6 is 0 Å². The van der Waals surface area contributed by atoms with Crippen molar-refractivity contribution in [3.05, 3.63) is 29.7 Å². The van der Waals surface area contributed by atoms with Gasteiger partial charge in [0.15, 0.2) is 0 Å². The Morgan fingerprint density at radius 1 is 1.57 bits per heavy atom. The average Bonchev–Trinajstić information content (AvgIpc) is 2.46. The van der Waals surface area contributed by atoms with Gasteiger partial charge in [0.05, 0.1) is 11.9 Å². The van der Waals surface area contributed by atoms with E-state index in [4.69, 9.17) is 0 Å². The van der Waals surface area contributed by atoms with Gasteiger partial charge in [-0.15, -0.1) is 0 Å². The van der Waals surface area contributed by atoms with E-state index < -0.39 is 0 Å². The molecule has 0 amide bonds. The van der Waals surface area contributed by atoms with Crippen LogP contribution in [0, 0.1) is 12.8 Å². The SMILES string of the molecule is C=C(C)N=C(c1cn[nH]c1C)C(C)C. The molecule has 0 aromatic carbocycles. The fourth-order valence-corrected chi connectivity index (χ4v) is 1.31. The summed E-state index contributed by atoms with van der Waals surface area (Å²) in [6, 6.07) is 0. The van der Waals surface area contributed by atoms with Gasteiger partial charge in [-0.2, -0.15) is 5.10 Å². The van der Waals surface area contributed by atoms with Crippen molar-refractivity contribution in [2.45, 2.75) is 27.7 Å². The van der Waals surface area contributed by atoms with Gasteiger partial charge in [0.1, 0.15) is 0 Å². The van der Waals surface area contributed by atoms with Crippen molar-refractivity contribution in [3.63, 3.8) is 0 Å². The van der Waals surface area contributed by atoms with Crippen molar-refractivity contribution in [3.8, 4) is 0 Å². The van der Waals surface area contributed by atoms with E-state index in [-0.39, 0.29) is 0 Å². The summed E-state index contributed by atoms with van der Waals surface area (Å²) in [5, 5.41) is 6.91. The molecule has 3 heteroatoms. The number of aromatic nitrogens is 2. The summed E-state index contributed by atoms with van der Waals surface area (Å²) in [6.45, 7) is 11.9. The lowest BCUT2D eigenvalue weighted by Gasteiger charge is -2.09. The molecule has 14 heavy (non-hydrogen) atoms. The number of nitrogens with one attached hydrogen (secondary N) is 1. The molecule has 0 fully saturated rings. The van der Waals surface area contributed by atoms with Crippen LogP contribution in [-0.4, -0.2) is 15.9 Å². The lowest BCUT2D eigenvalue weighted by molar-refractivity contribution is 0.880. The summed E-state index contributed by atoms with van der Waals surface area (Å²) in [5.74, 6) is 0.378. The lowest BCUT2D eigenvalue weighted by atomic mass is 10.0.